The molecule has 1 aliphatic rings. The topological polar surface area (TPSA) is 104 Å². The van der Waals surface area contributed by atoms with E-state index < -0.39 is 10.0 Å². The summed E-state index contributed by atoms with van der Waals surface area (Å²) in [5, 5.41) is 8.44. The molecule has 1 aliphatic heterocycles. The van der Waals surface area contributed by atoms with Gasteiger partial charge in [-0.2, -0.15) is 0 Å². The highest BCUT2D eigenvalue weighted by Crippen LogP contribution is 2.25. The number of hydrogen-bond donors (Lipinski definition) is 3. The molecule has 154 valence electrons. The lowest BCUT2D eigenvalue weighted by Crippen LogP contribution is -2.28. The molecule has 1 atom stereocenters. The van der Waals surface area contributed by atoms with Crippen molar-refractivity contribution in [3.05, 3.63) is 42.5 Å². The maximum absolute atomic E-state index is 11.5. The summed E-state index contributed by atoms with van der Waals surface area (Å²) in [5.41, 5.74) is 3.45. The number of nitrogens with two attached hydrogens (primary N) is 1. The Labute approximate surface area is 171 Å². The second kappa shape index (κ2) is 8.04. The van der Waals surface area contributed by atoms with E-state index in [1.165, 1.54) is 43.5 Å². The predicted molar refractivity (Wildman–Crippen MR) is 117 cm³/mol. The number of hydrogen-bond acceptors (Lipinski definition) is 5. The van der Waals surface area contributed by atoms with Crippen LogP contribution in [0.3, 0.4) is 0 Å². The summed E-state index contributed by atoms with van der Waals surface area (Å²) in [6.07, 6.45) is 5.12. The number of fused-ring (bicyclic) bond motifs is 1. The minimum atomic E-state index is -3.74. The minimum absolute atomic E-state index is 0.0621. The molecule has 1 saturated heterocycles. The smallest absolute Gasteiger partial charge is 0.238 e. The van der Waals surface area contributed by atoms with Gasteiger partial charge >= 0.3 is 0 Å². The third-order valence-electron chi connectivity index (χ3n) is 5.54. The number of rotatable bonds is 4. The maximum Gasteiger partial charge on any atom is 0.238 e. The van der Waals surface area contributed by atoms with Gasteiger partial charge < -0.3 is 15.2 Å². The molecule has 2 heterocycles. The lowest BCUT2D eigenvalue weighted by molar-refractivity contribution is 0.438. The van der Waals surface area contributed by atoms with E-state index in [9.17, 15) is 8.42 Å². The first kappa shape index (κ1) is 19.7. The number of benzene rings is 2. The highest BCUT2D eigenvalue weighted by Gasteiger charge is 2.13. The van der Waals surface area contributed by atoms with Crippen LogP contribution in [0.2, 0.25) is 0 Å². The molecule has 8 heteroatoms. The molecule has 2 aromatic carbocycles. The van der Waals surface area contributed by atoms with Crippen molar-refractivity contribution in [2.75, 3.05) is 23.3 Å². The number of sulfonamides is 1. The fourth-order valence-electron chi connectivity index (χ4n) is 3.80. The number of imidazole rings is 1. The van der Waals surface area contributed by atoms with Crippen molar-refractivity contribution in [2.24, 2.45) is 11.1 Å². The lowest BCUT2D eigenvalue weighted by atomic mass is 9.98. The third-order valence-corrected chi connectivity index (χ3v) is 6.45. The van der Waals surface area contributed by atoms with Crippen LogP contribution in [0.1, 0.15) is 32.6 Å². The van der Waals surface area contributed by atoms with E-state index in [-0.39, 0.29) is 4.90 Å². The van der Waals surface area contributed by atoms with Gasteiger partial charge in [-0.3, -0.25) is 0 Å². The van der Waals surface area contributed by atoms with Gasteiger partial charge in [-0.15, -0.1) is 0 Å². The summed E-state index contributed by atoms with van der Waals surface area (Å²) in [6.45, 7) is 4.55. The van der Waals surface area contributed by atoms with Crippen molar-refractivity contribution in [1.82, 2.24) is 9.97 Å². The van der Waals surface area contributed by atoms with Crippen molar-refractivity contribution in [1.29, 1.82) is 0 Å². The highest BCUT2D eigenvalue weighted by molar-refractivity contribution is 7.89. The normalized spacial score (nSPS) is 18.4. The molecule has 29 heavy (non-hydrogen) atoms. The summed E-state index contributed by atoms with van der Waals surface area (Å²) in [4.78, 5) is 10.1. The first-order valence-electron chi connectivity index (χ1n) is 10.0. The van der Waals surface area contributed by atoms with Gasteiger partial charge in [0.15, 0.2) is 0 Å². The minimum Gasteiger partial charge on any atom is -0.372 e. The second-order valence-corrected chi connectivity index (χ2v) is 9.42. The first-order chi connectivity index (χ1) is 13.9. The Balaban J connectivity index is 1.48. The summed E-state index contributed by atoms with van der Waals surface area (Å²) in [5.74, 6) is 1.35. The zero-order valence-electron chi connectivity index (χ0n) is 16.6. The lowest BCUT2D eigenvalue weighted by Gasteiger charge is -2.29. The van der Waals surface area contributed by atoms with Crippen molar-refractivity contribution in [3.8, 4) is 0 Å². The van der Waals surface area contributed by atoms with Gasteiger partial charge in [0.1, 0.15) is 0 Å². The van der Waals surface area contributed by atoms with Crippen LogP contribution < -0.4 is 15.4 Å². The molecule has 0 spiro atoms. The summed E-state index contributed by atoms with van der Waals surface area (Å²) in [7, 11) is -3.74. The zero-order valence-corrected chi connectivity index (χ0v) is 17.4. The van der Waals surface area contributed by atoms with Crippen molar-refractivity contribution < 1.29 is 8.42 Å². The monoisotopic (exact) mass is 413 g/mol. The fourth-order valence-corrected chi connectivity index (χ4v) is 4.34. The van der Waals surface area contributed by atoms with Gasteiger partial charge in [-0.1, -0.05) is 19.8 Å². The average molecular weight is 414 g/mol. The largest absolute Gasteiger partial charge is 0.372 e. The number of nitrogens with one attached hydrogen (secondary N) is 2. The Morgan fingerprint density at radius 1 is 1.10 bits per heavy atom. The fraction of sp³-hybridized carbons (Fsp3) is 0.381. The number of H-pyrrole nitrogens is 1. The molecule has 1 unspecified atom stereocenters. The van der Waals surface area contributed by atoms with E-state index in [1.807, 2.05) is 12.1 Å². The number of primary sulfonamides is 1. The summed E-state index contributed by atoms with van der Waals surface area (Å²) < 4.78 is 23.0. The molecule has 1 aromatic heterocycles. The number of aromatic nitrogens is 2. The molecule has 0 bridgehead atoms. The van der Waals surface area contributed by atoms with Crippen molar-refractivity contribution in [3.63, 3.8) is 0 Å². The van der Waals surface area contributed by atoms with Gasteiger partial charge in [0, 0.05) is 24.5 Å². The van der Waals surface area contributed by atoms with Crippen molar-refractivity contribution >= 4 is 38.4 Å². The molecule has 1 fully saturated rings. The van der Waals surface area contributed by atoms with Crippen LogP contribution in [-0.4, -0.2) is 31.5 Å². The Morgan fingerprint density at radius 2 is 1.90 bits per heavy atom. The van der Waals surface area contributed by atoms with Crippen LogP contribution in [-0.2, 0) is 10.0 Å². The Morgan fingerprint density at radius 3 is 2.66 bits per heavy atom. The molecular weight excluding hydrogens is 386 g/mol. The summed E-state index contributed by atoms with van der Waals surface area (Å²) in [6, 6.07) is 13.0. The molecule has 0 saturated carbocycles. The van der Waals surface area contributed by atoms with Crippen LogP contribution in [0.4, 0.5) is 17.3 Å². The van der Waals surface area contributed by atoms with E-state index in [1.54, 1.807) is 6.07 Å². The van der Waals surface area contributed by atoms with E-state index in [0.717, 1.165) is 24.7 Å². The highest BCUT2D eigenvalue weighted by atomic mass is 32.2. The van der Waals surface area contributed by atoms with E-state index in [2.05, 4.69) is 39.2 Å². The predicted octanol–water partition coefficient (Wildman–Crippen LogP) is 3.97. The van der Waals surface area contributed by atoms with Crippen LogP contribution in [0.25, 0.3) is 11.0 Å². The van der Waals surface area contributed by atoms with Gasteiger partial charge in [-0.25, -0.2) is 18.5 Å². The SMILES string of the molecule is CC1CCCCN(c2ccc(Nc3nc4ccc(S(N)(=O)=O)cc4[nH]3)cc2)CC1. The van der Waals surface area contributed by atoms with Crippen LogP contribution >= 0.6 is 0 Å². The maximum atomic E-state index is 11.5. The second-order valence-electron chi connectivity index (χ2n) is 7.86. The molecule has 3 aromatic rings. The summed E-state index contributed by atoms with van der Waals surface area (Å²) >= 11 is 0. The third kappa shape index (κ3) is 4.71. The molecule has 4 rings (SSSR count). The molecule has 0 aliphatic carbocycles. The number of nitrogens with zero attached hydrogens (tertiary/aromatic N) is 2. The Kier molecular flexibility index (Phi) is 5.47. The van der Waals surface area contributed by atoms with E-state index >= 15 is 0 Å². The average Bonchev–Trinajstić information content (AvgIpc) is 3.07. The van der Waals surface area contributed by atoms with Crippen LogP contribution in [0, 0.1) is 5.92 Å². The Hall–Kier alpha value is -2.58. The van der Waals surface area contributed by atoms with Gasteiger partial charge in [0.25, 0.3) is 0 Å². The van der Waals surface area contributed by atoms with Crippen LogP contribution in [0.5, 0.6) is 0 Å². The molecular formula is C21H27N5O2S. The van der Waals surface area contributed by atoms with E-state index in [0.29, 0.717) is 17.0 Å². The molecule has 0 amide bonds. The van der Waals surface area contributed by atoms with Gasteiger partial charge in [-0.05, 0) is 61.2 Å². The van der Waals surface area contributed by atoms with Gasteiger partial charge in [0.05, 0.1) is 15.9 Å². The Bertz CT molecular complexity index is 1090. The molecule has 4 N–H and O–H groups in total. The quantitative estimate of drug-likeness (QED) is 0.600. The van der Waals surface area contributed by atoms with Crippen molar-refractivity contribution in [2.45, 2.75) is 37.5 Å². The number of aromatic amines is 1. The zero-order chi connectivity index (χ0) is 20.4. The van der Waals surface area contributed by atoms with Gasteiger partial charge in [0.2, 0.25) is 16.0 Å². The first-order valence-corrected chi connectivity index (χ1v) is 11.6. The number of anilines is 3. The molecule has 0 radical (unpaired) electrons. The molecule has 7 nitrogen and oxygen atoms in total. The standard InChI is InChI=1S/C21H27N5O2S/c1-15-4-2-3-12-26(13-11-15)17-7-5-16(6-8-17)23-21-24-19-10-9-18(29(22,27)28)14-20(19)25-21/h5-10,14-15H,2-4,11-13H2,1H3,(H2,22,27,28)(H2,23,24,25). The van der Waals surface area contributed by atoms with Crippen LogP contribution in [0.15, 0.2) is 47.4 Å². The van der Waals surface area contributed by atoms with E-state index in [4.69, 9.17) is 5.14 Å².